The van der Waals surface area contributed by atoms with Gasteiger partial charge in [0.05, 0.1) is 0 Å². The zero-order valence-corrected chi connectivity index (χ0v) is 8.55. The molecule has 0 fully saturated rings. The number of benzene rings is 1. The first-order chi connectivity index (χ1) is 6.69. The van der Waals surface area contributed by atoms with E-state index in [4.69, 9.17) is 5.11 Å². The zero-order chi connectivity index (χ0) is 10.6. The quantitative estimate of drug-likeness (QED) is 0.771. The van der Waals surface area contributed by atoms with E-state index >= 15 is 0 Å². The molecule has 1 aromatic carbocycles. The molecular formula is C11H16FNO. The van der Waals surface area contributed by atoms with Crippen molar-refractivity contribution in [2.75, 3.05) is 13.7 Å². The number of hydrogen-bond donors (Lipinski definition) is 2. The van der Waals surface area contributed by atoms with E-state index in [1.54, 1.807) is 13.1 Å². The molecular weight excluding hydrogens is 181 g/mol. The third-order valence-corrected chi connectivity index (χ3v) is 2.29. The highest BCUT2D eigenvalue weighted by Crippen LogP contribution is 2.20. The van der Waals surface area contributed by atoms with Gasteiger partial charge in [-0.1, -0.05) is 17.7 Å². The Balaban J connectivity index is 2.96. The highest BCUT2D eigenvalue weighted by molar-refractivity contribution is 5.26. The molecule has 0 heterocycles. The van der Waals surface area contributed by atoms with Crippen molar-refractivity contribution in [2.24, 2.45) is 0 Å². The third kappa shape index (κ3) is 2.53. The van der Waals surface area contributed by atoms with Gasteiger partial charge >= 0.3 is 0 Å². The van der Waals surface area contributed by atoms with E-state index in [2.05, 4.69) is 5.32 Å². The summed E-state index contributed by atoms with van der Waals surface area (Å²) < 4.78 is 13.4. The Kier molecular flexibility index (Phi) is 4.04. The van der Waals surface area contributed by atoms with Crippen LogP contribution < -0.4 is 5.32 Å². The zero-order valence-electron chi connectivity index (χ0n) is 8.55. The fourth-order valence-corrected chi connectivity index (χ4v) is 1.51. The number of rotatable bonds is 4. The van der Waals surface area contributed by atoms with Crippen molar-refractivity contribution in [2.45, 2.75) is 19.4 Å². The number of halogens is 1. The molecule has 78 valence electrons. The molecule has 0 aliphatic heterocycles. The first-order valence-corrected chi connectivity index (χ1v) is 4.73. The maximum absolute atomic E-state index is 13.4. The van der Waals surface area contributed by atoms with Gasteiger partial charge in [0.15, 0.2) is 0 Å². The van der Waals surface area contributed by atoms with Gasteiger partial charge < -0.3 is 10.4 Å². The highest BCUT2D eigenvalue weighted by Gasteiger charge is 2.12. The largest absolute Gasteiger partial charge is 0.396 e. The van der Waals surface area contributed by atoms with Crippen LogP contribution in [0.3, 0.4) is 0 Å². The predicted octanol–water partition coefficient (Wildman–Crippen LogP) is 1.78. The van der Waals surface area contributed by atoms with Crippen molar-refractivity contribution in [3.63, 3.8) is 0 Å². The summed E-state index contributed by atoms with van der Waals surface area (Å²) in [5.74, 6) is -0.219. The van der Waals surface area contributed by atoms with E-state index in [9.17, 15) is 4.39 Å². The molecule has 14 heavy (non-hydrogen) atoms. The average molecular weight is 197 g/mol. The van der Waals surface area contributed by atoms with Crippen LogP contribution in [0.5, 0.6) is 0 Å². The smallest absolute Gasteiger partial charge is 0.127 e. The maximum atomic E-state index is 13.4. The monoisotopic (exact) mass is 197 g/mol. The molecule has 1 atom stereocenters. The number of nitrogens with one attached hydrogen (secondary N) is 1. The molecule has 0 aliphatic rings. The lowest BCUT2D eigenvalue weighted by atomic mass is 10.0. The van der Waals surface area contributed by atoms with Gasteiger partial charge in [0.1, 0.15) is 5.82 Å². The summed E-state index contributed by atoms with van der Waals surface area (Å²) in [6, 6.07) is 4.91. The van der Waals surface area contributed by atoms with Gasteiger partial charge in [-0.25, -0.2) is 4.39 Å². The Morgan fingerprint density at radius 1 is 1.50 bits per heavy atom. The molecule has 1 unspecified atom stereocenters. The van der Waals surface area contributed by atoms with E-state index in [1.165, 1.54) is 6.07 Å². The van der Waals surface area contributed by atoms with Crippen LogP contribution in [0.4, 0.5) is 4.39 Å². The van der Waals surface area contributed by atoms with Crippen molar-refractivity contribution < 1.29 is 9.50 Å². The molecule has 1 rings (SSSR count). The summed E-state index contributed by atoms with van der Waals surface area (Å²) in [4.78, 5) is 0. The van der Waals surface area contributed by atoms with Crippen LogP contribution in [0.25, 0.3) is 0 Å². The number of aliphatic hydroxyl groups is 1. The van der Waals surface area contributed by atoms with Crippen molar-refractivity contribution in [1.29, 1.82) is 0 Å². The Morgan fingerprint density at radius 3 is 2.79 bits per heavy atom. The molecule has 0 aromatic heterocycles. The molecule has 0 radical (unpaired) electrons. The minimum Gasteiger partial charge on any atom is -0.396 e. The molecule has 2 nitrogen and oxygen atoms in total. The predicted molar refractivity (Wildman–Crippen MR) is 54.6 cm³/mol. The van der Waals surface area contributed by atoms with Crippen molar-refractivity contribution in [3.8, 4) is 0 Å². The molecule has 0 saturated heterocycles. The first kappa shape index (κ1) is 11.1. The summed E-state index contributed by atoms with van der Waals surface area (Å²) in [5, 5.41) is 11.8. The fraction of sp³-hybridized carbons (Fsp3) is 0.455. The number of hydrogen-bond acceptors (Lipinski definition) is 2. The SMILES string of the molecule is CNC(CCO)c1cc(C)ccc1F. The standard InChI is InChI=1S/C11H16FNO/c1-8-3-4-10(12)9(7-8)11(13-2)5-6-14/h3-4,7,11,13-14H,5-6H2,1-2H3. The minimum atomic E-state index is -0.219. The van der Waals surface area contributed by atoms with Crippen LogP contribution in [-0.2, 0) is 0 Å². The maximum Gasteiger partial charge on any atom is 0.127 e. The number of aliphatic hydroxyl groups excluding tert-OH is 1. The highest BCUT2D eigenvalue weighted by atomic mass is 19.1. The van der Waals surface area contributed by atoms with Gasteiger partial charge in [0, 0.05) is 18.2 Å². The van der Waals surface area contributed by atoms with Crippen LogP contribution in [0.2, 0.25) is 0 Å². The Hall–Kier alpha value is -0.930. The lowest BCUT2D eigenvalue weighted by Crippen LogP contribution is -2.19. The van der Waals surface area contributed by atoms with Gasteiger partial charge in [-0.2, -0.15) is 0 Å². The number of aryl methyl sites for hydroxylation is 1. The topological polar surface area (TPSA) is 32.3 Å². The lowest BCUT2D eigenvalue weighted by Gasteiger charge is -2.16. The molecule has 0 spiro atoms. The molecule has 0 amide bonds. The van der Waals surface area contributed by atoms with Crippen molar-refractivity contribution >= 4 is 0 Å². The van der Waals surface area contributed by atoms with E-state index < -0.39 is 0 Å². The molecule has 0 aliphatic carbocycles. The minimum absolute atomic E-state index is 0.0545. The van der Waals surface area contributed by atoms with E-state index in [-0.39, 0.29) is 18.5 Å². The average Bonchev–Trinajstić information content (AvgIpc) is 2.18. The van der Waals surface area contributed by atoms with E-state index in [0.29, 0.717) is 12.0 Å². The van der Waals surface area contributed by atoms with Crippen molar-refractivity contribution in [3.05, 3.63) is 35.1 Å². The second-order valence-corrected chi connectivity index (χ2v) is 3.38. The normalized spacial score (nSPS) is 12.9. The summed E-state index contributed by atoms with van der Waals surface area (Å²) >= 11 is 0. The molecule has 1 aromatic rings. The van der Waals surface area contributed by atoms with Crippen LogP contribution >= 0.6 is 0 Å². The van der Waals surface area contributed by atoms with Gasteiger partial charge in [0.2, 0.25) is 0 Å². The fourth-order valence-electron chi connectivity index (χ4n) is 1.51. The van der Waals surface area contributed by atoms with Gasteiger partial charge in [-0.15, -0.1) is 0 Å². The Morgan fingerprint density at radius 2 is 2.21 bits per heavy atom. The van der Waals surface area contributed by atoms with Crippen LogP contribution in [-0.4, -0.2) is 18.8 Å². The summed E-state index contributed by atoms with van der Waals surface area (Å²) in [6.45, 7) is 1.98. The second kappa shape index (κ2) is 5.08. The lowest BCUT2D eigenvalue weighted by molar-refractivity contribution is 0.267. The Labute approximate surface area is 83.8 Å². The molecule has 3 heteroatoms. The second-order valence-electron chi connectivity index (χ2n) is 3.38. The third-order valence-electron chi connectivity index (χ3n) is 2.29. The van der Waals surface area contributed by atoms with Gasteiger partial charge in [0.25, 0.3) is 0 Å². The van der Waals surface area contributed by atoms with E-state index in [0.717, 1.165) is 5.56 Å². The molecule has 2 N–H and O–H groups in total. The summed E-state index contributed by atoms with van der Waals surface area (Å²) in [5.41, 5.74) is 1.65. The Bertz CT molecular complexity index is 301. The summed E-state index contributed by atoms with van der Waals surface area (Å²) in [6.07, 6.45) is 0.525. The summed E-state index contributed by atoms with van der Waals surface area (Å²) in [7, 11) is 1.77. The van der Waals surface area contributed by atoms with Gasteiger partial charge in [-0.3, -0.25) is 0 Å². The van der Waals surface area contributed by atoms with Crippen LogP contribution in [0, 0.1) is 12.7 Å². The van der Waals surface area contributed by atoms with Crippen LogP contribution in [0.1, 0.15) is 23.6 Å². The molecule has 0 saturated carbocycles. The van der Waals surface area contributed by atoms with Crippen LogP contribution in [0.15, 0.2) is 18.2 Å². The molecule has 0 bridgehead atoms. The van der Waals surface area contributed by atoms with Crippen molar-refractivity contribution in [1.82, 2.24) is 5.32 Å². The van der Waals surface area contributed by atoms with E-state index in [1.807, 2.05) is 13.0 Å². The van der Waals surface area contributed by atoms with Gasteiger partial charge in [-0.05, 0) is 26.5 Å². The first-order valence-electron chi connectivity index (χ1n) is 4.73.